The second-order valence-corrected chi connectivity index (χ2v) is 37.5. The molecule has 0 radical (unpaired) electrons. The van der Waals surface area contributed by atoms with Gasteiger partial charge in [0.15, 0.2) is 0 Å². The monoisotopic (exact) mass is 999 g/mol. The molecule has 83 heavy (non-hydrogen) atoms. The van der Waals surface area contributed by atoms with Crippen LogP contribution in [0.1, 0.15) is 0 Å². The minimum atomic E-state index is 0.544. The summed E-state index contributed by atoms with van der Waals surface area (Å²) in [5.41, 5.74) is 0. The first-order chi connectivity index (χ1) is 37.7. The zero-order chi connectivity index (χ0) is 65.8. The lowest BCUT2D eigenvalue weighted by Crippen LogP contribution is -2.96. The van der Waals surface area contributed by atoms with E-state index in [1.165, 1.54) is 7.06 Å². The molecule has 0 aromatic carbocycles. The maximum absolute atomic E-state index is 2.76. The van der Waals surface area contributed by atoms with Crippen LogP contribution in [0, 0.1) is 0 Å². The van der Waals surface area contributed by atoms with E-state index in [9.17, 15) is 0 Å². The van der Waals surface area contributed by atoms with E-state index in [1.54, 1.807) is 0 Å². The maximum atomic E-state index is 2.76. The Hall–Kier alpha value is 5.39. The van der Waals surface area contributed by atoms with Crippen molar-refractivity contribution in [2.75, 3.05) is 0 Å². The molecule has 0 saturated carbocycles. The summed E-state index contributed by atoms with van der Waals surface area (Å²) in [6.45, 7) is 0. The van der Waals surface area contributed by atoms with Crippen molar-refractivity contribution in [2.45, 2.75) is 0 Å². The molecule has 0 unspecified atom stereocenters. The number of hydrogen-bond acceptors (Lipinski definition) is 0. The summed E-state index contributed by atoms with van der Waals surface area (Å²) in [4.78, 5) is 0. The van der Waals surface area contributed by atoms with Gasteiger partial charge >= 0.3 is 0 Å². The smallest absolute Gasteiger partial charge is 0.000235 e. The van der Waals surface area contributed by atoms with Crippen LogP contribution >= 0.6 is 0 Å². The third kappa shape index (κ3) is 24.5. The maximum Gasteiger partial charge on any atom is 0.0552 e. The zero-order valence-electron chi connectivity index (χ0n) is 65.8. The van der Waals surface area contributed by atoms with Gasteiger partial charge in [0.05, 0.1) is 325 Å². The molecular weight excluding hydrogens is 897 g/mol. The van der Waals surface area contributed by atoms with Crippen molar-refractivity contribution in [3.05, 3.63) is 0 Å². The highest BCUT2D eigenvalue weighted by Gasteiger charge is 2.64. The molecule has 0 aromatic heterocycles. The molecule has 0 amide bonds. The molecule has 0 aliphatic carbocycles. The standard InChI is InChI=1S/B83H85/c1-44(2)67(45(3)4)77(64(41)42)80(72(54(21)22)55(23)24)66(81(82(73(56(25)26)57(27)28)74(58(29)30)59(31)32)83(75(60(33)34)61(35)36)76(62(37)38)63(39)40)43-65(78(68(46(5)6)47(7)8)69(48(9)10)49(11)12)79(70(50(13)14)51(15)16)71(52(17)18)53(19)20/h43H,1-42H2. The van der Waals surface area contributed by atoms with E-state index in [4.69, 9.17) is 0 Å². The van der Waals surface area contributed by atoms with Gasteiger partial charge in [-0.2, -0.15) is 0 Å². The fourth-order valence-corrected chi connectivity index (χ4v) is 24.0. The normalized spacial score (nSPS) is 9.78. The van der Waals surface area contributed by atoms with E-state index in [0.29, 0.717) is 255 Å². The van der Waals surface area contributed by atoms with Crippen LogP contribution in [0.5, 0.6) is 0 Å². The van der Waals surface area contributed by atoms with Crippen molar-refractivity contribution >= 4 is 587 Å². The van der Waals surface area contributed by atoms with Crippen molar-refractivity contribution in [3.63, 3.8) is 0 Å². The van der Waals surface area contributed by atoms with Gasteiger partial charge in [0.1, 0.15) is 0 Å². The van der Waals surface area contributed by atoms with Crippen molar-refractivity contribution in [1.29, 1.82) is 0 Å². The second-order valence-electron chi connectivity index (χ2n) is 37.5. The van der Waals surface area contributed by atoms with E-state index in [-0.39, 0.29) is 0 Å². The fourth-order valence-electron chi connectivity index (χ4n) is 24.0. The number of hydrogen-bond donors (Lipinski definition) is 0. The molecule has 0 heterocycles. The average molecular weight is 983 g/mol. The van der Waals surface area contributed by atoms with Crippen LogP contribution in [-0.4, -0.2) is 587 Å². The Morgan fingerprint density at radius 3 is 0.301 bits per heavy atom. The van der Waals surface area contributed by atoms with E-state index in [0.717, 1.165) is 0 Å². The molecule has 0 atom stereocenters. The molecule has 0 N–H and O–H groups in total. The molecule has 0 saturated heterocycles. The van der Waals surface area contributed by atoms with E-state index in [2.05, 4.69) is 325 Å². The van der Waals surface area contributed by atoms with Gasteiger partial charge in [0.25, 0.3) is 0 Å². The fraction of sp³-hybridized carbons (Fsp3) is 0. The Bertz CT molecular complexity index is 1380. The third-order valence-corrected chi connectivity index (χ3v) is 24.5. The predicted molar refractivity (Wildman–Crippen MR) is 596 cm³/mol. The minimum absolute atomic E-state index is 0.544. The summed E-state index contributed by atoms with van der Waals surface area (Å²) in [7, 11) is 115. The van der Waals surface area contributed by atoms with Gasteiger partial charge in [-0.05, 0) is 0 Å². The third-order valence-electron chi connectivity index (χ3n) is 24.5. The van der Waals surface area contributed by atoms with E-state index < -0.39 is 0 Å². The Balaban J connectivity index is 12.3. The SMILES string of the molecule is BB(B)B(B(B)B)B(B(B)B)B(B(BB(B(B(B(B)B)B(B)B)B(B(B)B)B(B)B)B(B(B(B)B)B(B)B)B(B(B)B)B(B)B)B(B(B(B(B)B)B(B)B)B(B(B)B)B(B)B)B(B(B(B)B)B(B)B)B(B(B)B)B(B)B)B(B(B)B)B(B)B. The topological polar surface area (TPSA) is 0 Å². The average Bonchev–Trinajstić information content (AvgIpc) is 3.25. The van der Waals surface area contributed by atoms with E-state index >= 15 is 0 Å². The van der Waals surface area contributed by atoms with Crippen LogP contribution in [0.15, 0.2) is 0 Å². The Labute approximate surface area is 581 Å². The molecule has 0 fully saturated rings. The van der Waals surface area contributed by atoms with Crippen molar-refractivity contribution in [2.24, 2.45) is 0 Å². The van der Waals surface area contributed by atoms with Crippen molar-refractivity contribution in [3.8, 4) is 0 Å². The highest BCUT2D eigenvalue weighted by molar-refractivity contribution is 8.38. The van der Waals surface area contributed by atoms with Gasteiger partial charge < -0.3 is 0 Å². The lowest BCUT2D eigenvalue weighted by molar-refractivity contribution is 3.18. The Kier molecular flexibility index (Phi) is 43.5. The van der Waals surface area contributed by atoms with Crippen LogP contribution in [0.25, 0.3) is 0 Å². The predicted octanol–water partition coefficient (Wildman–Crippen LogP) is -54.4. The summed E-state index contributed by atoms with van der Waals surface area (Å²) in [5, 5.41) is 0. The van der Waals surface area contributed by atoms with Crippen LogP contribution in [0.3, 0.4) is 0 Å². The van der Waals surface area contributed by atoms with Gasteiger partial charge in [-0.15, -0.1) is 0 Å². The first-order valence-corrected chi connectivity index (χ1v) is 37.7. The highest BCUT2D eigenvalue weighted by atomic mass is 13.4. The minimum Gasteiger partial charge on any atom is 0.000235 e. The molecule has 0 spiro atoms. The van der Waals surface area contributed by atoms with Gasteiger partial charge in [-0.1, -0.05) is 0 Å². The summed E-state index contributed by atoms with van der Waals surface area (Å²) in [6.07, 6.45) is 23.9. The number of rotatable bonds is 40. The molecule has 0 aliphatic heterocycles. The van der Waals surface area contributed by atoms with Crippen LogP contribution in [-0.2, 0) is 0 Å². The summed E-state index contributed by atoms with van der Waals surface area (Å²) in [5.74, 6) is 0. The summed E-state index contributed by atoms with van der Waals surface area (Å²) in [6, 6.07) is 0. The molecule has 0 aliphatic rings. The lowest BCUT2D eigenvalue weighted by atomic mass is 8.23. The Morgan fingerprint density at radius 2 is 0.181 bits per heavy atom. The van der Waals surface area contributed by atoms with Crippen molar-refractivity contribution in [1.82, 2.24) is 0 Å². The van der Waals surface area contributed by atoms with Crippen LogP contribution < -0.4 is 0 Å². The Morgan fingerprint density at radius 1 is 0.0964 bits per heavy atom. The quantitative estimate of drug-likeness (QED) is 0.0537. The molecule has 0 bridgehead atoms. The van der Waals surface area contributed by atoms with Gasteiger partial charge in [-0.25, -0.2) is 0 Å². The first-order valence-electron chi connectivity index (χ1n) is 37.7. The van der Waals surface area contributed by atoms with Gasteiger partial charge in [0.2, 0.25) is 0 Å². The van der Waals surface area contributed by atoms with Crippen LogP contribution in [0.2, 0.25) is 0 Å². The molecule has 83 heteroatoms. The first kappa shape index (κ1) is 88.4. The summed E-state index contributed by atoms with van der Waals surface area (Å²) >= 11 is 0. The van der Waals surface area contributed by atoms with E-state index in [1.807, 2.05) is 0 Å². The second kappa shape index (κ2) is 40.8. The highest BCUT2D eigenvalue weighted by Crippen LogP contribution is 2.25. The van der Waals surface area contributed by atoms with Gasteiger partial charge in [0, 0.05) is 262 Å². The molecular formula is H85B83. The van der Waals surface area contributed by atoms with Crippen LogP contribution in [0.4, 0.5) is 0 Å². The largest absolute Gasteiger partial charge is 0.0552 e. The molecule has 0 nitrogen and oxygen atoms in total. The van der Waals surface area contributed by atoms with Crippen molar-refractivity contribution < 1.29 is 0 Å². The van der Waals surface area contributed by atoms with Gasteiger partial charge in [-0.3, -0.25) is 0 Å². The molecule has 0 aromatic rings. The lowest BCUT2D eigenvalue weighted by Gasteiger charge is -2.57. The zero-order valence-corrected chi connectivity index (χ0v) is 65.8. The molecule has 0 rings (SSSR count). The summed E-state index contributed by atoms with van der Waals surface area (Å²) < 4.78 is 0. The molecule has 334 valence electrons.